The van der Waals surface area contributed by atoms with Crippen LogP contribution in [-0.4, -0.2) is 38.4 Å². The number of nitriles is 1. The molecule has 18 heteroatoms. The lowest BCUT2D eigenvalue weighted by molar-refractivity contribution is -0.494. The number of aryl methyl sites for hydroxylation is 1. The Kier molecular flexibility index (Phi) is 20.2. The molecule has 0 N–H and O–H groups in total. The van der Waals surface area contributed by atoms with E-state index in [0.29, 0.717) is 13.0 Å². The van der Waals surface area contributed by atoms with Crippen molar-refractivity contribution >= 4 is 95.3 Å². The van der Waals surface area contributed by atoms with Crippen molar-refractivity contribution < 1.29 is 48.3 Å². The summed E-state index contributed by atoms with van der Waals surface area (Å²) in [7, 11) is -10.0. The number of allylic oxidation sites excluding steroid dienone is 10. The highest BCUT2D eigenvalue weighted by molar-refractivity contribution is 9.11. The minimum absolute atomic E-state index is 0.509. The number of rotatable bonds is 7. The lowest BCUT2D eigenvalue weighted by Gasteiger charge is -2.18. The topological polar surface area (TPSA) is 47.3 Å². The first-order valence-electron chi connectivity index (χ1n) is 19.2. The van der Waals surface area contributed by atoms with Gasteiger partial charge in [-0.15, -0.1) is 0 Å². The summed E-state index contributed by atoms with van der Waals surface area (Å²) in [5.74, 6) is 3.35. The van der Waals surface area contributed by atoms with Gasteiger partial charge in [-0.25, -0.2) is 8.99 Å². The van der Waals surface area contributed by atoms with Crippen LogP contribution in [0.1, 0.15) is 23.3 Å². The van der Waals surface area contributed by atoms with E-state index in [1.165, 1.54) is 5.56 Å². The average Bonchev–Trinajstić information content (AvgIpc) is 3.25. The molecular weight excluding hydrogens is 1120 g/mol. The van der Waals surface area contributed by atoms with E-state index in [1.54, 1.807) is 0 Å². The molecule has 0 saturated carbocycles. The zero-order valence-corrected chi connectivity index (χ0v) is 40.7. The third kappa shape index (κ3) is 19.9. The molecule has 0 unspecified atom stereocenters. The summed E-state index contributed by atoms with van der Waals surface area (Å²) in [6.45, 7) is 2.69. The van der Waals surface area contributed by atoms with E-state index in [-0.39, 0.29) is 0 Å². The van der Waals surface area contributed by atoms with E-state index in [9.17, 15) is 34.5 Å². The van der Waals surface area contributed by atoms with Gasteiger partial charge >= 0.3 is 26.0 Å². The maximum atomic E-state index is 9.75. The van der Waals surface area contributed by atoms with Gasteiger partial charge in [0.2, 0.25) is 0 Å². The second-order valence-corrected chi connectivity index (χ2v) is 17.4. The number of ether oxygens (including phenoxy) is 1. The molecule has 0 amide bonds. The van der Waals surface area contributed by atoms with Crippen LogP contribution >= 0.6 is 63.7 Å². The molecule has 0 radical (unpaired) electrons. The van der Waals surface area contributed by atoms with Gasteiger partial charge in [0.1, 0.15) is 18.6 Å². The van der Waals surface area contributed by atoms with Crippen LogP contribution in [-0.2, 0) is 4.74 Å². The molecule has 0 atom stereocenters. The SMILES string of the molecule is C[N+](CCC#N)=C1C=CC(=CC=C2C=C(c3ccc(Br)cc3)C=C(c3ccc(Br)cc3)O2)C=C1.Cc1cc(-c2ccc(Br)cc2)cc(-c2ccc(Br)cc2)[o+]1.F[B-](F)(F)F.F[B-](F)(F)F. The molecule has 4 aromatic carbocycles. The van der Waals surface area contributed by atoms with Crippen molar-refractivity contribution in [1.29, 1.82) is 5.26 Å². The second-order valence-electron chi connectivity index (χ2n) is 13.7. The largest absolute Gasteiger partial charge is 0.673 e. The Labute approximate surface area is 405 Å². The molecule has 0 saturated heterocycles. The van der Waals surface area contributed by atoms with Gasteiger partial charge in [0.25, 0.3) is 0 Å². The lowest BCUT2D eigenvalue weighted by atomic mass is 10.0. The molecule has 2 heterocycles. The Morgan fingerprint density at radius 1 is 0.600 bits per heavy atom. The molecule has 7 rings (SSSR count). The maximum absolute atomic E-state index is 9.75. The standard InChI is InChI=1S/C29H23Br2N2O.C18H13Br2O.2BF4/c1-33(18-2-17-32)27-14-3-21(4-15-27)5-16-28-19-24(22-6-10-25(30)11-7-22)20-29(34-28)23-8-12-26(31)13-9-23;1-12-10-15(13-2-6-16(19)7-3-13)11-18(21-12)14-4-8-17(20)9-5-14;2*2-1(3,4)5/h3-16,19-20H,2,18H2,1H3;2-11H,1H3;;/q2*+1;2*-1. The molecule has 5 aromatic rings. The highest BCUT2D eigenvalue weighted by atomic mass is 79.9. The fraction of sp³-hybridized carbons (Fsp3) is 0.0851. The molecule has 1 aliphatic heterocycles. The summed E-state index contributed by atoms with van der Waals surface area (Å²) in [5, 5.41) is 8.79. The molecule has 2 aliphatic rings. The smallest absolute Gasteiger partial charge is 0.457 e. The Morgan fingerprint density at radius 3 is 1.52 bits per heavy atom. The van der Waals surface area contributed by atoms with E-state index in [0.717, 1.165) is 80.0 Å². The molecular formula is C47H36B2Br4F8N2O2. The van der Waals surface area contributed by atoms with Crippen molar-refractivity contribution in [2.45, 2.75) is 13.3 Å². The number of benzene rings is 4. The van der Waals surface area contributed by atoms with Crippen LogP contribution in [0.5, 0.6) is 0 Å². The summed E-state index contributed by atoms with van der Waals surface area (Å²) in [4.78, 5) is 0. The fourth-order valence-corrected chi connectivity index (χ4v) is 6.79. The first-order chi connectivity index (χ1) is 30.6. The Morgan fingerprint density at radius 2 is 1.05 bits per heavy atom. The van der Waals surface area contributed by atoms with Crippen molar-refractivity contribution in [3.63, 3.8) is 0 Å². The van der Waals surface area contributed by atoms with E-state index >= 15 is 0 Å². The van der Waals surface area contributed by atoms with Crippen molar-refractivity contribution in [3.8, 4) is 28.5 Å². The molecule has 1 aliphatic carbocycles. The molecule has 65 heavy (non-hydrogen) atoms. The van der Waals surface area contributed by atoms with Crippen molar-refractivity contribution in [3.05, 3.63) is 204 Å². The summed E-state index contributed by atoms with van der Waals surface area (Å²) in [6.07, 6.45) is 17.0. The number of nitrogens with zero attached hydrogens (tertiary/aromatic N) is 2. The van der Waals surface area contributed by atoms with Gasteiger partial charge in [-0.05, 0) is 113 Å². The predicted octanol–water partition coefficient (Wildman–Crippen LogP) is 16.9. The molecule has 0 spiro atoms. The molecule has 4 nitrogen and oxygen atoms in total. The Hall–Kier alpha value is -5.08. The van der Waals surface area contributed by atoms with Gasteiger partial charge < -0.3 is 39.3 Å². The van der Waals surface area contributed by atoms with Crippen LogP contribution in [0.2, 0.25) is 0 Å². The fourth-order valence-electron chi connectivity index (χ4n) is 5.73. The summed E-state index contributed by atoms with van der Waals surface area (Å²) in [6, 6.07) is 39.2. The van der Waals surface area contributed by atoms with Gasteiger partial charge in [0.15, 0.2) is 12.3 Å². The van der Waals surface area contributed by atoms with Crippen LogP contribution in [0, 0.1) is 18.3 Å². The minimum atomic E-state index is -6.00. The van der Waals surface area contributed by atoms with E-state index < -0.39 is 14.5 Å². The predicted molar refractivity (Wildman–Crippen MR) is 261 cm³/mol. The zero-order chi connectivity index (χ0) is 47.7. The molecule has 0 fully saturated rings. The average molecular weight is 1150 g/mol. The van der Waals surface area contributed by atoms with Crippen LogP contribution in [0.4, 0.5) is 34.5 Å². The van der Waals surface area contributed by atoms with E-state index in [4.69, 9.17) is 14.4 Å². The highest BCUT2D eigenvalue weighted by Gasteiger charge is 2.21. The van der Waals surface area contributed by atoms with Gasteiger partial charge in [0.05, 0.1) is 31.0 Å². The quantitative estimate of drug-likeness (QED) is 0.0706. The van der Waals surface area contributed by atoms with Gasteiger partial charge in [-0.1, -0.05) is 106 Å². The molecule has 0 bridgehead atoms. The first kappa shape index (κ1) is 52.5. The number of halogens is 12. The lowest BCUT2D eigenvalue weighted by Crippen LogP contribution is -2.16. The molecule has 336 valence electrons. The second kappa shape index (κ2) is 25.0. The Balaban J connectivity index is 0.000000252. The van der Waals surface area contributed by atoms with Crippen LogP contribution in [0.25, 0.3) is 33.8 Å². The zero-order valence-electron chi connectivity index (χ0n) is 34.3. The summed E-state index contributed by atoms with van der Waals surface area (Å²) < 4.78 is 96.4. The van der Waals surface area contributed by atoms with Gasteiger partial charge in [-0.3, -0.25) is 0 Å². The number of hydrogen-bond acceptors (Lipinski definition) is 2. The van der Waals surface area contributed by atoms with E-state index in [2.05, 4.69) is 153 Å². The van der Waals surface area contributed by atoms with Crippen LogP contribution in [0.3, 0.4) is 0 Å². The minimum Gasteiger partial charge on any atom is -0.457 e. The van der Waals surface area contributed by atoms with Crippen molar-refractivity contribution in [2.24, 2.45) is 0 Å². The van der Waals surface area contributed by atoms with Crippen LogP contribution < -0.4 is 0 Å². The normalized spacial score (nSPS) is 13.6. The van der Waals surface area contributed by atoms with Crippen molar-refractivity contribution in [2.75, 3.05) is 13.6 Å². The maximum Gasteiger partial charge on any atom is 0.673 e. The van der Waals surface area contributed by atoms with Crippen LogP contribution in [0.15, 0.2) is 191 Å². The van der Waals surface area contributed by atoms with Crippen molar-refractivity contribution in [1.82, 2.24) is 0 Å². The van der Waals surface area contributed by atoms with Gasteiger partial charge in [-0.2, -0.15) is 5.26 Å². The summed E-state index contributed by atoms with van der Waals surface area (Å²) >= 11 is 13.9. The highest BCUT2D eigenvalue weighted by Crippen LogP contribution is 2.33. The monoisotopic (exact) mass is 1150 g/mol. The third-order valence-corrected chi connectivity index (χ3v) is 10.8. The van der Waals surface area contributed by atoms with Gasteiger partial charge in [0, 0.05) is 47.2 Å². The van der Waals surface area contributed by atoms with E-state index in [1.807, 2.05) is 92.8 Å². The third-order valence-electron chi connectivity index (χ3n) is 8.67. The first-order valence-corrected chi connectivity index (χ1v) is 22.4. The summed E-state index contributed by atoms with van der Waals surface area (Å²) in [5.41, 5.74) is 8.79. The molecule has 1 aromatic heterocycles. The number of hydrogen-bond donors (Lipinski definition) is 0. The Bertz CT molecular complexity index is 2570.